The lowest BCUT2D eigenvalue weighted by Gasteiger charge is -2.18. The molecule has 1 amide bonds. The molecule has 2 N–H and O–H groups in total. The minimum Gasteiger partial charge on any atom is -0.340 e. The van der Waals surface area contributed by atoms with E-state index < -0.39 is 0 Å². The number of amides is 1. The monoisotopic (exact) mass is 233 g/mol. The highest BCUT2D eigenvalue weighted by molar-refractivity contribution is 6.00. The first-order valence-electron chi connectivity index (χ1n) is 5.38. The van der Waals surface area contributed by atoms with Gasteiger partial charge < -0.3 is 10.6 Å². The van der Waals surface area contributed by atoms with Crippen molar-refractivity contribution in [2.24, 2.45) is 5.73 Å². The van der Waals surface area contributed by atoms with E-state index in [1.807, 2.05) is 6.92 Å². The van der Waals surface area contributed by atoms with E-state index in [0.29, 0.717) is 17.6 Å². The average Bonchev–Trinajstić information content (AvgIpc) is 2.70. The van der Waals surface area contributed by atoms with Crippen molar-refractivity contribution in [2.75, 3.05) is 13.6 Å². The molecule has 90 valence electrons. The highest BCUT2D eigenvalue weighted by atomic mass is 16.2. The van der Waals surface area contributed by atoms with Crippen LogP contribution in [0.1, 0.15) is 17.3 Å². The molecule has 2 aromatic heterocycles. The second kappa shape index (κ2) is 4.50. The van der Waals surface area contributed by atoms with E-state index in [9.17, 15) is 4.79 Å². The van der Waals surface area contributed by atoms with Crippen LogP contribution < -0.4 is 5.73 Å². The van der Waals surface area contributed by atoms with Crippen LogP contribution in [0.25, 0.3) is 5.52 Å². The first kappa shape index (κ1) is 11.5. The van der Waals surface area contributed by atoms with Crippen LogP contribution in [0.5, 0.6) is 0 Å². The van der Waals surface area contributed by atoms with Gasteiger partial charge in [-0.05, 0) is 6.92 Å². The van der Waals surface area contributed by atoms with Crippen molar-refractivity contribution in [1.82, 2.24) is 19.5 Å². The Bertz CT molecular complexity index is 533. The first-order valence-corrected chi connectivity index (χ1v) is 5.38. The third-order valence-electron chi connectivity index (χ3n) is 2.46. The lowest BCUT2D eigenvalue weighted by molar-refractivity contribution is 0.0790. The molecule has 2 rings (SSSR count). The number of hydrogen-bond acceptors (Lipinski definition) is 4. The van der Waals surface area contributed by atoms with Gasteiger partial charge in [0.25, 0.3) is 5.91 Å². The summed E-state index contributed by atoms with van der Waals surface area (Å²) in [6.07, 6.45) is 6.51. The summed E-state index contributed by atoms with van der Waals surface area (Å²) in [5.41, 5.74) is 6.92. The lowest BCUT2D eigenvalue weighted by Crippen LogP contribution is -2.36. The molecular weight excluding hydrogens is 218 g/mol. The predicted octanol–water partition coefficient (Wildman–Crippen LogP) is 0.149. The fraction of sp³-hybridized carbons (Fsp3) is 0.364. The molecule has 17 heavy (non-hydrogen) atoms. The molecule has 0 saturated heterocycles. The molecule has 0 radical (unpaired) electrons. The Morgan fingerprint density at radius 2 is 2.35 bits per heavy atom. The van der Waals surface area contributed by atoms with Gasteiger partial charge in [0.1, 0.15) is 0 Å². The number of hydrogen-bond donors (Lipinski definition) is 1. The highest BCUT2D eigenvalue weighted by Gasteiger charge is 2.17. The van der Waals surface area contributed by atoms with Gasteiger partial charge in [-0.3, -0.25) is 9.78 Å². The van der Waals surface area contributed by atoms with E-state index >= 15 is 0 Å². The molecule has 0 aliphatic rings. The summed E-state index contributed by atoms with van der Waals surface area (Å²) in [6, 6.07) is -0.0519. The van der Waals surface area contributed by atoms with E-state index in [0.717, 1.165) is 0 Å². The Balaban J connectivity index is 2.30. The van der Waals surface area contributed by atoms with Gasteiger partial charge in [-0.25, -0.2) is 4.52 Å². The average molecular weight is 233 g/mol. The summed E-state index contributed by atoms with van der Waals surface area (Å²) < 4.78 is 1.62. The van der Waals surface area contributed by atoms with Gasteiger partial charge >= 0.3 is 0 Å². The molecule has 1 atom stereocenters. The van der Waals surface area contributed by atoms with Crippen LogP contribution >= 0.6 is 0 Å². The molecule has 0 bridgehead atoms. The molecule has 1 unspecified atom stereocenters. The van der Waals surface area contributed by atoms with Crippen LogP contribution in [0, 0.1) is 0 Å². The molecule has 0 aliphatic heterocycles. The number of carbonyl (C=O) groups excluding carboxylic acids is 1. The number of likely N-dealkylation sites (N-methyl/N-ethyl adjacent to an activating group) is 1. The van der Waals surface area contributed by atoms with Gasteiger partial charge in [-0.1, -0.05) is 0 Å². The van der Waals surface area contributed by atoms with Gasteiger partial charge in [0.05, 0.1) is 23.5 Å². The molecule has 0 fully saturated rings. The zero-order chi connectivity index (χ0) is 12.4. The zero-order valence-corrected chi connectivity index (χ0v) is 9.87. The number of fused-ring (bicyclic) bond motifs is 1. The van der Waals surface area contributed by atoms with Gasteiger partial charge in [-0.15, -0.1) is 0 Å². The van der Waals surface area contributed by atoms with Crippen LogP contribution in [-0.4, -0.2) is 45.0 Å². The lowest BCUT2D eigenvalue weighted by atomic mass is 10.2. The summed E-state index contributed by atoms with van der Waals surface area (Å²) in [5, 5.41) is 4.10. The maximum Gasteiger partial charge on any atom is 0.257 e. The third kappa shape index (κ3) is 2.26. The highest BCUT2D eigenvalue weighted by Crippen LogP contribution is 2.11. The second-order valence-electron chi connectivity index (χ2n) is 4.13. The Labute approximate surface area is 99.0 Å². The fourth-order valence-electron chi connectivity index (χ4n) is 1.72. The van der Waals surface area contributed by atoms with Crippen molar-refractivity contribution in [1.29, 1.82) is 0 Å². The van der Waals surface area contributed by atoms with Crippen LogP contribution in [-0.2, 0) is 0 Å². The summed E-state index contributed by atoms with van der Waals surface area (Å²) in [6.45, 7) is 2.37. The Morgan fingerprint density at radius 3 is 3.06 bits per heavy atom. The van der Waals surface area contributed by atoms with Gasteiger partial charge in [0.15, 0.2) is 0 Å². The molecule has 0 saturated carbocycles. The molecule has 2 aromatic rings. The van der Waals surface area contributed by atoms with Gasteiger partial charge in [0, 0.05) is 32.0 Å². The maximum absolute atomic E-state index is 12.1. The normalized spacial score (nSPS) is 12.6. The number of rotatable bonds is 3. The number of aromatic nitrogens is 3. The predicted molar refractivity (Wildman–Crippen MR) is 63.6 cm³/mol. The van der Waals surface area contributed by atoms with E-state index in [2.05, 4.69) is 10.1 Å². The Hall–Kier alpha value is -1.95. The molecule has 6 heteroatoms. The molecule has 0 aromatic carbocycles. The van der Waals surface area contributed by atoms with E-state index in [1.165, 1.54) is 0 Å². The van der Waals surface area contributed by atoms with E-state index in [4.69, 9.17) is 5.73 Å². The van der Waals surface area contributed by atoms with E-state index in [-0.39, 0.29) is 11.9 Å². The van der Waals surface area contributed by atoms with Crippen molar-refractivity contribution in [3.8, 4) is 0 Å². The SMILES string of the molecule is CC(N)CN(C)C(=O)c1cnn2ccncc12. The van der Waals surface area contributed by atoms with Crippen LogP contribution in [0.4, 0.5) is 0 Å². The third-order valence-corrected chi connectivity index (χ3v) is 2.46. The van der Waals surface area contributed by atoms with Crippen molar-refractivity contribution in [2.45, 2.75) is 13.0 Å². The smallest absolute Gasteiger partial charge is 0.257 e. The minimum absolute atomic E-state index is 0.0519. The summed E-state index contributed by atoms with van der Waals surface area (Å²) in [4.78, 5) is 17.7. The van der Waals surface area contributed by atoms with Crippen LogP contribution in [0.3, 0.4) is 0 Å². The molecule has 2 heterocycles. The molecule has 6 nitrogen and oxygen atoms in total. The summed E-state index contributed by atoms with van der Waals surface area (Å²) >= 11 is 0. The van der Waals surface area contributed by atoms with Gasteiger partial charge in [0.2, 0.25) is 0 Å². The Kier molecular flexibility index (Phi) is 3.06. The van der Waals surface area contributed by atoms with Crippen molar-refractivity contribution in [3.63, 3.8) is 0 Å². The second-order valence-corrected chi connectivity index (χ2v) is 4.13. The summed E-state index contributed by atoms with van der Waals surface area (Å²) in [7, 11) is 1.73. The fourth-order valence-corrected chi connectivity index (χ4v) is 1.72. The molecule has 0 spiro atoms. The maximum atomic E-state index is 12.1. The van der Waals surface area contributed by atoms with E-state index in [1.54, 1.807) is 41.3 Å². The number of nitrogens with zero attached hydrogens (tertiary/aromatic N) is 4. The quantitative estimate of drug-likeness (QED) is 0.818. The molecule has 0 aliphatic carbocycles. The largest absolute Gasteiger partial charge is 0.340 e. The first-order chi connectivity index (χ1) is 8.09. The van der Waals surface area contributed by atoms with Crippen LogP contribution in [0.15, 0.2) is 24.8 Å². The van der Waals surface area contributed by atoms with Crippen LogP contribution in [0.2, 0.25) is 0 Å². The summed E-state index contributed by atoms with van der Waals surface area (Å²) in [5.74, 6) is -0.0923. The van der Waals surface area contributed by atoms with Gasteiger partial charge in [-0.2, -0.15) is 5.10 Å². The standard InChI is InChI=1S/C11H15N5O/c1-8(12)7-15(2)11(17)9-5-14-16-4-3-13-6-10(9)16/h3-6,8H,7,12H2,1-2H3. The minimum atomic E-state index is -0.0923. The van der Waals surface area contributed by atoms with Crippen molar-refractivity contribution in [3.05, 3.63) is 30.4 Å². The number of nitrogens with two attached hydrogens (primary N) is 1. The topological polar surface area (TPSA) is 76.5 Å². The van der Waals surface area contributed by atoms with Crippen molar-refractivity contribution < 1.29 is 4.79 Å². The molecular formula is C11H15N5O. The Morgan fingerprint density at radius 1 is 1.59 bits per heavy atom. The zero-order valence-electron chi connectivity index (χ0n) is 9.87. The van der Waals surface area contributed by atoms with Crippen molar-refractivity contribution >= 4 is 11.4 Å². The number of carbonyl (C=O) groups is 1.